The fourth-order valence-corrected chi connectivity index (χ4v) is 7.72. The van der Waals surface area contributed by atoms with E-state index in [1.54, 1.807) is 12.1 Å². The predicted molar refractivity (Wildman–Crippen MR) is 121 cm³/mol. The second kappa shape index (κ2) is 8.43. The average Bonchev–Trinajstić information content (AvgIpc) is 3.23. The van der Waals surface area contributed by atoms with Crippen molar-refractivity contribution in [1.29, 1.82) is 0 Å². The Labute approximate surface area is 185 Å². The van der Waals surface area contributed by atoms with E-state index < -0.39 is 15.7 Å². The van der Waals surface area contributed by atoms with Gasteiger partial charge in [-0.2, -0.15) is 4.99 Å². The lowest BCUT2D eigenvalue weighted by atomic mass is 10.1. The van der Waals surface area contributed by atoms with Crippen molar-refractivity contribution < 1.29 is 27.4 Å². The first-order valence-corrected chi connectivity index (χ1v) is 12.2. The minimum atomic E-state index is -3.13. The van der Waals surface area contributed by atoms with Crippen LogP contribution in [0.15, 0.2) is 47.5 Å². The Morgan fingerprint density at radius 1 is 1.03 bits per heavy atom. The maximum absolute atomic E-state index is 13.1. The van der Waals surface area contributed by atoms with Gasteiger partial charge in [-0.05, 0) is 24.3 Å². The molecule has 0 saturated carbocycles. The van der Waals surface area contributed by atoms with Crippen LogP contribution in [0.25, 0.3) is 0 Å². The molecule has 0 N–H and O–H groups in total. The Hall–Kier alpha value is -2.72. The van der Waals surface area contributed by atoms with Crippen molar-refractivity contribution in [2.75, 3.05) is 37.7 Å². The van der Waals surface area contributed by atoms with Gasteiger partial charge in [0.1, 0.15) is 0 Å². The molecule has 0 radical (unpaired) electrons. The van der Waals surface area contributed by atoms with Gasteiger partial charge in [-0.15, -0.1) is 0 Å². The van der Waals surface area contributed by atoms with Crippen molar-refractivity contribution in [3.05, 3.63) is 48.0 Å². The highest BCUT2D eigenvalue weighted by molar-refractivity contribution is 8.16. The van der Waals surface area contributed by atoms with Crippen LogP contribution in [0.2, 0.25) is 0 Å². The number of carbonyl (C=O) groups is 1. The van der Waals surface area contributed by atoms with E-state index in [1.807, 2.05) is 35.2 Å². The number of ether oxygens (including phenoxy) is 3. The quantitative estimate of drug-likeness (QED) is 0.669. The third-order valence-electron chi connectivity index (χ3n) is 5.21. The number of amidine groups is 1. The van der Waals surface area contributed by atoms with E-state index in [0.717, 1.165) is 5.69 Å². The number of thioether (sulfide) groups is 1. The smallest absolute Gasteiger partial charge is 0.279 e. The first-order chi connectivity index (χ1) is 14.9. The van der Waals surface area contributed by atoms with Gasteiger partial charge in [-0.3, -0.25) is 4.79 Å². The summed E-state index contributed by atoms with van der Waals surface area (Å²) < 4.78 is 40.3. The SMILES string of the molecule is COc1cc(C(=O)N=C2S[C@@H]3CS(=O)(=O)C[C@@H]3N2c2ccccc2)cc(OC)c1OC. The molecule has 0 spiro atoms. The molecule has 31 heavy (non-hydrogen) atoms. The van der Waals surface area contributed by atoms with Crippen molar-refractivity contribution in [3.63, 3.8) is 0 Å². The number of methoxy groups -OCH3 is 3. The predicted octanol–water partition coefficient (Wildman–Crippen LogP) is 2.63. The largest absolute Gasteiger partial charge is 0.493 e. The van der Waals surface area contributed by atoms with Gasteiger partial charge < -0.3 is 19.1 Å². The number of aliphatic imine (C=N–C) groups is 1. The third-order valence-corrected chi connectivity index (χ3v) is 8.42. The van der Waals surface area contributed by atoms with Crippen LogP contribution in [-0.2, 0) is 9.84 Å². The zero-order valence-corrected chi connectivity index (χ0v) is 18.9. The summed E-state index contributed by atoms with van der Waals surface area (Å²) in [5, 5.41) is 0.312. The molecule has 8 nitrogen and oxygen atoms in total. The molecular weight excluding hydrogens is 440 g/mol. The third kappa shape index (κ3) is 4.09. The molecule has 0 unspecified atom stereocenters. The van der Waals surface area contributed by atoms with Gasteiger partial charge in [0.15, 0.2) is 26.5 Å². The van der Waals surface area contributed by atoms with Crippen LogP contribution < -0.4 is 19.1 Å². The molecule has 4 rings (SSSR count). The minimum Gasteiger partial charge on any atom is -0.493 e. The Balaban J connectivity index is 1.73. The van der Waals surface area contributed by atoms with E-state index in [4.69, 9.17) is 14.2 Å². The number of carbonyl (C=O) groups excluding carboxylic acids is 1. The van der Waals surface area contributed by atoms with Gasteiger partial charge in [0.05, 0.1) is 38.9 Å². The second-order valence-corrected chi connectivity index (χ2v) is 10.5. The molecule has 2 fully saturated rings. The number of benzene rings is 2. The molecule has 0 bridgehead atoms. The molecule has 2 saturated heterocycles. The number of anilines is 1. The van der Waals surface area contributed by atoms with Crippen molar-refractivity contribution in [3.8, 4) is 17.2 Å². The number of nitrogens with zero attached hydrogens (tertiary/aromatic N) is 2. The van der Waals surface area contributed by atoms with E-state index in [9.17, 15) is 13.2 Å². The van der Waals surface area contributed by atoms with Gasteiger partial charge in [0, 0.05) is 16.5 Å². The van der Waals surface area contributed by atoms with Gasteiger partial charge in [0.2, 0.25) is 5.75 Å². The Morgan fingerprint density at radius 2 is 1.68 bits per heavy atom. The van der Waals surface area contributed by atoms with E-state index in [-0.39, 0.29) is 28.4 Å². The van der Waals surface area contributed by atoms with E-state index in [1.165, 1.54) is 33.1 Å². The summed E-state index contributed by atoms with van der Waals surface area (Å²) in [6, 6.07) is 12.2. The number of fused-ring (bicyclic) bond motifs is 1. The summed E-state index contributed by atoms with van der Waals surface area (Å²) in [5.41, 5.74) is 1.08. The van der Waals surface area contributed by atoms with Gasteiger partial charge in [0.25, 0.3) is 5.91 Å². The lowest BCUT2D eigenvalue weighted by Gasteiger charge is -2.24. The van der Waals surface area contributed by atoms with Gasteiger partial charge in [-0.1, -0.05) is 30.0 Å². The van der Waals surface area contributed by atoms with Crippen LogP contribution in [0, 0.1) is 0 Å². The fourth-order valence-electron chi connectivity index (χ4n) is 3.81. The number of hydrogen-bond donors (Lipinski definition) is 0. The highest BCUT2D eigenvalue weighted by Gasteiger charge is 2.49. The summed E-state index contributed by atoms with van der Waals surface area (Å²) >= 11 is 1.33. The number of sulfone groups is 1. The number of amides is 1. The van der Waals surface area contributed by atoms with Gasteiger partial charge >= 0.3 is 0 Å². The molecule has 2 aromatic rings. The van der Waals surface area contributed by atoms with E-state index in [2.05, 4.69) is 4.99 Å². The van der Waals surface area contributed by atoms with Crippen molar-refractivity contribution in [2.24, 2.45) is 4.99 Å². The van der Waals surface area contributed by atoms with Crippen LogP contribution in [0.3, 0.4) is 0 Å². The van der Waals surface area contributed by atoms with Crippen LogP contribution in [0.4, 0.5) is 5.69 Å². The van der Waals surface area contributed by atoms with Crippen LogP contribution in [0.5, 0.6) is 17.2 Å². The average molecular weight is 463 g/mol. The van der Waals surface area contributed by atoms with Crippen LogP contribution >= 0.6 is 11.8 Å². The molecule has 164 valence electrons. The standard InChI is InChI=1S/C21H22N2O6S2/c1-27-16-9-13(10-17(28-2)19(16)29-3)20(24)22-21-23(14-7-5-4-6-8-14)15-11-31(25,26)12-18(15)30-21/h4-10,15,18H,11-12H2,1-3H3/t15-,18+/m0/s1. The van der Waals surface area contributed by atoms with E-state index in [0.29, 0.717) is 22.4 Å². The molecule has 10 heteroatoms. The molecule has 2 aromatic carbocycles. The maximum Gasteiger partial charge on any atom is 0.279 e. The Morgan fingerprint density at radius 3 is 2.26 bits per heavy atom. The van der Waals surface area contributed by atoms with Crippen molar-refractivity contribution in [2.45, 2.75) is 11.3 Å². The Bertz CT molecular complexity index is 1110. The summed E-state index contributed by atoms with van der Waals surface area (Å²) in [4.78, 5) is 19.3. The number of rotatable bonds is 5. The van der Waals surface area contributed by atoms with Crippen LogP contribution in [-0.4, -0.2) is 63.6 Å². The topological polar surface area (TPSA) is 94.5 Å². The first kappa shape index (κ1) is 21.5. The second-order valence-electron chi connectivity index (χ2n) is 7.12. The fraction of sp³-hybridized carbons (Fsp3) is 0.333. The Kier molecular flexibility index (Phi) is 5.85. The summed E-state index contributed by atoms with van der Waals surface area (Å²) in [6.45, 7) is 0. The summed E-state index contributed by atoms with van der Waals surface area (Å²) in [5.74, 6) is 0.723. The lowest BCUT2D eigenvalue weighted by Crippen LogP contribution is -2.37. The zero-order valence-electron chi connectivity index (χ0n) is 17.3. The van der Waals surface area contributed by atoms with Crippen molar-refractivity contribution in [1.82, 2.24) is 0 Å². The van der Waals surface area contributed by atoms with Gasteiger partial charge in [-0.25, -0.2) is 8.42 Å². The van der Waals surface area contributed by atoms with E-state index >= 15 is 0 Å². The minimum absolute atomic E-state index is 0.0386. The zero-order chi connectivity index (χ0) is 22.2. The van der Waals surface area contributed by atoms with Crippen molar-refractivity contribution >= 4 is 38.4 Å². The monoisotopic (exact) mass is 462 g/mol. The highest BCUT2D eigenvalue weighted by atomic mass is 32.2. The van der Waals surface area contributed by atoms with Crippen LogP contribution in [0.1, 0.15) is 10.4 Å². The summed E-state index contributed by atoms with van der Waals surface area (Å²) in [7, 11) is 1.31. The number of hydrogen-bond acceptors (Lipinski definition) is 7. The first-order valence-electron chi connectivity index (χ1n) is 9.51. The molecule has 1 amide bonds. The highest BCUT2D eigenvalue weighted by Crippen LogP contribution is 2.42. The molecule has 0 aliphatic carbocycles. The molecule has 0 aromatic heterocycles. The molecule has 2 aliphatic rings. The lowest BCUT2D eigenvalue weighted by molar-refractivity contribution is 0.100. The normalized spacial score (nSPS) is 22.9. The molecule has 2 atom stereocenters. The number of para-hydroxylation sites is 1. The summed E-state index contributed by atoms with van der Waals surface area (Å²) in [6.07, 6.45) is 0. The molecular formula is C21H22N2O6S2. The molecule has 2 heterocycles. The maximum atomic E-state index is 13.1. The molecule has 2 aliphatic heterocycles.